The Morgan fingerprint density at radius 2 is 1.77 bits per heavy atom. The van der Waals surface area contributed by atoms with Crippen LogP contribution in [0.2, 0.25) is 0 Å². The molecule has 8 nitrogen and oxygen atoms in total. The van der Waals surface area contributed by atoms with Crippen molar-refractivity contribution in [2.24, 2.45) is 0 Å². The van der Waals surface area contributed by atoms with E-state index < -0.39 is 22.0 Å². The van der Waals surface area contributed by atoms with Gasteiger partial charge in [0.05, 0.1) is 17.6 Å². The van der Waals surface area contributed by atoms with Crippen molar-refractivity contribution in [1.82, 2.24) is 4.72 Å². The third-order valence-electron chi connectivity index (χ3n) is 5.49. The van der Waals surface area contributed by atoms with E-state index in [1.165, 1.54) is 23.5 Å². The molecule has 0 aliphatic heterocycles. The van der Waals surface area contributed by atoms with Gasteiger partial charge in [-0.05, 0) is 79.8 Å². The van der Waals surface area contributed by atoms with E-state index in [0.29, 0.717) is 0 Å². The van der Waals surface area contributed by atoms with Crippen LogP contribution in [0.15, 0.2) is 28.2 Å². The van der Waals surface area contributed by atoms with Crippen LogP contribution in [0.25, 0.3) is 6.08 Å². The molecular formula is C22H24N2O6S. The van der Waals surface area contributed by atoms with Crippen molar-refractivity contribution < 1.29 is 27.2 Å². The number of amides is 2. The molecule has 0 radical (unpaired) electrons. The standard InChI is InChI=1S/C22H24N2O6S/c1-2-29-21(25)16-12-17(30-13-16)9-10-31(27,28)24-22(26)23-20-18-7-3-5-14(18)11-15-6-4-8-19(15)20/h9-13H,2-8H2,1H3,(H2,23,24,26)/b10-9+. The number of hydrogen-bond acceptors (Lipinski definition) is 6. The van der Waals surface area contributed by atoms with Gasteiger partial charge in [0.15, 0.2) is 0 Å². The van der Waals surface area contributed by atoms with E-state index in [9.17, 15) is 18.0 Å². The van der Waals surface area contributed by atoms with Crippen LogP contribution in [0, 0.1) is 0 Å². The predicted molar refractivity (Wildman–Crippen MR) is 115 cm³/mol. The highest BCUT2D eigenvalue weighted by atomic mass is 32.2. The van der Waals surface area contributed by atoms with E-state index >= 15 is 0 Å². The molecule has 4 rings (SSSR count). The molecule has 2 aliphatic carbocycles. The fourth-order valence-corrected chi connectivity index (χ4v) is 4.88. The molecule has 31 heavy (non-hydrogen) atoms. The van der Waals surface area contributed by atoms with Crippen molar-refractivity contribution in [1.29, 1.82) is 0 Å². The Hall–Kier alpha value is -3.07. The second-order valence-electron chi connectivity index (χ2n) is 7.60. The lowest BCUT2D eigenvalue weighted by Crippen LogP contribution is -2.33. The maximum atomic E-state index is 12.5. The maximum Gasteiger partial charge on any atom is 0.341 e. The Kier molecular flexibility index (Phi) is 5.86. The van der Waals surface area contributed by atoms with Crippen LogP contribution in [0.1, 0.15) is 58.1 Å². The molecule has 0 saturated heterocycles. The molecule has 1 aromatic carbocycles. The van der Waals surface area contributed by atoms with Crippen molar-refractivity contribution >= 4 is 33.8 Å². The number of esters is 1. The van der Waals surface area contributed by atoms with Crippen LogP contribution in [0.5, 0.6) is 0 Å². The van der Waals surface area contributed by atoms with Gasteiger partial charge in [-0.15, -0.1) is 0 Å². The van der Waals surface area contributed by atoms with Gasteiger partial charge >= 0.3 is 12.0 Å². The first-order chi connectivity index (χ1) is 14.9. The second kappa shape index (κ2) is 8.58. The topological polar surface area (TPSA) is 115 Å². The molecule has 0 spiro atoms. The Bertz CT molecular complexity index is 1130. The summed E-state index contributed by atoms with van der Waals surface area (Å²) in [6.45, 7) is 1.90. The first-order valence-electron chi connectivity index (χ1n) is 10.3. The molecule has 2 aromatic rings. The predicted octanol–water partition coefficient (Wildman–Crippen LogP) is 3.56. The fourth-order valence-electron chi connectivity index (χ4n) is 4.19. The number of sulfonamides is 1. The average molecular weight is 445 g/mol. The van der Waals surface area contributed by atoms with E-state index in [1.807, 2.05) is 4.72 Å². The summed E-state index contributed by atoms with van der Waals surface area (Å²) in [7, 11) is -4.07. The lowest BCUT2D eigenvalue weighted by molar-refractivity contribution is 0.0525. The molecule has 1 heterocycles. The summed E-state index contributed by atoms with van der Waals surface area (Å²) in [5.41, 5.74) is 5.67. The van der Waals surface area contributed by atoms with Gasteiger partial charge in [-0.2, -0.15) is 0 Å². The molecule has 0 fully saturated rings. The normalized spacial score (nSPS) is 15.0. The zero-order valence-electron chi connectivity index (χ0n) is 17.2. The van der Waals surface area contributed by atoms with Gasteiger partial charge in [-0.3, -0.25) is 0 Å². The fraction of sp³-hybridized carbons (Fsp3) is 0.364. The van der Waals surface area contributed by atoms with Crippen molar-refractivity contribution in [3.8, 4) is 0 Å². The number of ether oxygens (including phenoxy) is 1. The molecule has 2 aliphatic rings. The number of hydrogen-bond donors (Lipinski definition) is 2. The molecular weight excluding hydrogens is 420 g/mol. The summed E-state index contributed by atoms with van der Waals surface area (Å²) in [6, 6.07) is 2.80. The smallest absolute Gasteiger partial charge is 0.341 e. The molecule has 0 bridgehead atoms. The Morgan fingerprint density at radius 3 is 2.42 bits per heavy atom. The highest BCUT2D eigenvalue weighted by Gasteiger charge is 2.25. The van der Waals surface area contributed by atoms with E-state index in [0.717, 1.165) is 66.8 Å². The molecule has 1 aromatic heterocycles. The second-order valence-corrected chi connectivity index (χ2v) is 9.16. The number of carbonyl (C=O) groups excluding carboxylic acids is 2. The first-order valence-corrected chi connectivity index (χ1v) is 11.8. The molecule has 0 unspecified atom stereocenters. The number of nitrogens with one attached hydrogen (secondary N) is 2. The van der Waals surface area contributed by atoms with Crippen LogP contribution < -0.4 is 10.0 Å². The van der Waals surface area contributed by atoms with Crippen molar-refractivity contribution in [3.05, 3.63) is 57.4 Å². The van der Waals surface area contributed by atoms with Gasteiger partial charge in [0.25, 0.3) is 10.0 Å². The summed E-state index contributed by atoms with van der Waals surface area (Å²) in [4.78, 5) is 24.1. The minimum Gasteiger partial charge on any atom is -0.464 e. The molecule has 2 amide bonds. The minimum absolute atomic E-state index is 0.146. The SMILES string of the molecule is CCOC(=O)c1coc(/C=C/S(=O)(=O)NC(=O)Nc2c3c(cc4c2CCC4)CCC3)c1. The minimum atomic E-state index is -4.07. The van der Waals surface area contributed by atoms with Gasteiger partial charge in [-0.1, -0.05) is 6.07 Å². The zero-order chi connectivity index (χ0) is 22.0. The van der Waals surface area contributed by atoms with E-state index in [4.69, 9.17) is 9.15 Å². The van der Waals surface area contributed by atoms with Crippen LogP contribution in [-0.4, -0.2) is 27.0 Å². The quantitative estimate of drug-likeness (QED) is 0.659. The molecule has 0 atom stereocenters. The van der Waals surface area contributed by atoms with Crippen LogP contribution >= 0.6 is 0 Å². The van der Waals surface area contributed by atoms with Gasteiger partial charge in [0.1, 0.15) is 12.0 Å². The Balaban J connectivity index is 1.45. The molecule has 0 saturated carbocycles. The van der Waals surface area contributed by atoms with Gasteiger partial charge in [-0.25, -0.2) is 22.7 Å². The highest BCUT2D eigenvalue weighted by Crippen LogP contribution is 2.38. The summed E-state index contributed by atoms with van der Waals surface area (Å²) in [5, 5.41) is 3.60. The summed E-state index contributed by atoms with van der Waals surface area (Å²) in [5.74, 6) is -0.415. The lowest BCUT2D eigenvalue weighted by Gasteiger charge is -2.16. The van der Waals surface area contributed by atoms with E-state index in [2.05, 4.69) is 11.4 Å². The van der Waals surface area contributed by atoms with Crippen LogP contribution in [0.3, 0.4) is 0 Å². The largest absolute Gasteiger partial charge is 0.464 e. The monoisotopic (exact) mass is 444 g/mol. The first kappa shape index (κ1) is 21.2. The van der Waals surface area contributed by atoms with Crippen LogP contribution in [0.4, 0.5) is 10.5 Å². The Morgan fingerprint density at radius 1 is 1.10 bits per heavy atom. The van der Waals surface area contributed by atoms with Crippen molar-refractivity contribution in [2.45, 2.75) is 45.4 Å². The maximum absolute atomic E-state index is 12.5. The van der Waals surface area contributed by atoms with Gasteiger partial charge in [0, 0.05) is 5.69 Å². The third kappa shape index (κ3) is 4.66. The number of rotatable bonds is 6. The van der Waals surface area contributed by atoms with Crippen LogP contribution in [-0.2, 0) is 40.4 Å². The molecule has 164 valence electrons. The number of anilines is 1. The molecule has 2 N–H and O–H groups in total. The van der Waals surface area contributed by atoms with Crippen molar-refractivity contribution in [2.75, 3.05) is 11.9 Å². The molecule has 9 heteroatoms. The number of fused-ring (bicyclic) bond motifs is 2. The number of urea groups is 1. The number of aryl methyl sites for hydroxylation is 2. The summed E-state index contributed by atoms with van der Waals surface area (Å²) in [6.07, 6.45) is 8.14. The zero-order valence-corrected chi connectivity index (χ0v) is 18.0. The number of carbonyl (C=O) groups is 2. The summed E-state index contributed by atoms with van der Waals surface area (Å²) >= 11 is 0. The number of furan rings is 1. The lowest BCUT2D eigenvalue weighted by atomic mass is 9.99. The third-order valence-corrected chi connectivity index (χ3v) is 6.45. The van der Waals surface area contributed by atoms with Crippen molar-refractivity contribution in [3.63, 3.8) is 0 Å². The highest BCUT2D eigenvalue weighted by molar-refractivity contribution is 7.93. The average Bonchev–Trinajstić information content (AvgIpc) is 3.46. The van der Waals surface area contributed by atoms with Gasteiger partial charge < -0.3 is 14.5 Å². The van der Waals surface area contributed by atoms with Gasteiger partial charge in [0.2, 0.25) is 0 Å². The number of benzene rings is 1. The van der Waals surface area contributed by atoms with E-state index in [-0.39, 0.29) is 17.9 Å². The summed E-state index contributed by atoms with van der Waals surface area (Å²) < 4.78 is 36.7. The Labute approximate surface area is 180 Å². The van der Waals surface area contributed by atoms with E-state index in [1.54, 1.807) is 6.92 Å².